The number of thiophene rings is 1. The van der Waals surface area contributed by atoms with Crippen LogP contribution < -0.4 is 10.6 Å². The average molecular weight is 330 g/mol. The number of piperidine rings is 1. The number of nitrogens with zero attached hydrogens (tertiary/aromatic N) is 1. The lowest BCUT2D eigenvalue weighted by Crippen LogP contribution is -2.36. The molecule has 0 saturated carbocycles. The number of anilines is 2. The van der Waals surface area contributed by atoms with Gasteiger partial charge in [-0.2, -0.15) is 0 Å². The fourth-order valence-corrected chi connectivity index (χ4v) is 4.68. The summed E-state index contributed by atoms with van der Waals surface area (Å²) in [6, 6.07) is 0. The van der Waals surface area contributed by atoms with Crippen molar-refractivity contribution in [1.29, 1.82) is 0 Å². The molecule has 0 bridgehead atoms. The van der Waals surface area contributed by atoms with Crippen LogP contribution in [0.5, 0.6) is 0 Å². The minimum absolute atomic E-state index is 0.205. The highest BCUT2D eigenvalue weighted by Gasteiger charge is 2.27. The number of esters is 1. The maximum atomic E-state index is 12.0. The number of hydrogen-bond acceptors (Lipinski definition) is 7. The van der Waals surface area contributed by atoms with Crippen LogP contribution in [0.15, 0.2) is 4.90 Å². The van der Waals surface area contributed by atoms with Crippen molar-refractivity contribution in [2.45, 2.75) is 24.7 Å². The molecule has 2 heterocycles. The van der Waals surface area contributed by atoms with Crippen molar-refractivity contribution >= 4 is 39.8 Å². The van der Waals surface area contributed by atoms with Crippen molar-refractivity contribution in [1.82, 2.24) is 0 Å². The van der Waals surface area contributed by atoms with Crippen molar-refractivity contribution in [2.75, 3.05) is 43.2 Å². The molecule has 1 aromatic heterocycles. The largest absolute Gasteiger partial charge is 0.462 e. The van der Waals surface area contributed by atoms with E-state index >= 15 is 0 Å². The molecule has 1 unspecified atom stereocenters. The summed E-state index contributed by atoms with van der Waals surface area (Å²) in [4.78, 5) is 15.7. The van der Waals surface area contributed by atoms with Gasteiger partial charge < -0.3 is 20.5 Å². The van der Waals surface area contributed by atoms with Crippen molar-refractivity contribution in [3.63, 3.8) is 0 Å². The zero-order chi connectivity index (χ0) is 15.4. The van der Waals surface area contributed by atoms with Crippen molar-refractivity contribution in [3.05, 3.63) is 4.88 Å². The number of aliphatic hydroxyl groups excluding tert-OH is 1. The molecule has 2 rings (SSSR count). The molecule has 0 amide bonds. The second-order valence-electron chi connectivity index (χ2n) is 5.04. The average Bonchev–Trinajstić information content (AvgIpc) is 2.84. The van der Waals surface area contributed by atoms with Crippen molar-refractivity contribution in [2.24, 2.45) is 5.92 Å². The number of hydrogen-bond donors (Lipinski definition) is 2. The number of aliphatic hydroxyl groups is 1. The molecule has 0 aromatic carbocycles. The second-order valence-corrected chi connectivity index (χ2v) is 6.86. The molecule has 1 aliphatic heterocycles. The Morgan fingerprint density at radius 2 is 2.38 bits per heavy atom. The normalized spacial score (nSPS) is 18.8. The van der Waals surface area contributed by atoms with E-state index in [1.54, 1.807) is 18.7 Å². The van der Waals surface area contributed by atoms with Crippen LogP contribution in [0.1, 0.15) is 29.4 Å². The Bertz CT molecular complexity index is 505. The molecule has 21 heavy (non-hydrogen) atoms. The highest BCUT2D eigenvalue weighted by Crippen LogP contribution is 2.45. The van der Waals surface area contributed by atoms with Crippen LogP contribution in [0.3, 0.4) is 0 Å². The molecule has 7 heteroatoms. The van der Waals surface area contributed by atoms with Gasteiger partial charge in [-0.05, 0) is 31.9 Å². The summed E-state index contributed by atoms with van der Waals surface area (Å²) < 4.78 is 5.07. The number of rotatable bonds is 5. The minimum atomic E-state index is -0.350. The Labute approximate surface area is 133 Å². The van der Waals surface area contributed by atoms with Crippen LogP contribution in [-0.2, 0) is 4.74 Å². The molecular weight excluding hydrogens is 308 g/mol. The Hall–Kier alpha value is -0.920. The molecular formula is C14H22N2O3S2. The monoisotopic (exact) mass is 330 g/mol. The van der Waals surface area contributed by atoms with E-state index in [1.165, 1.54) is 11.3 Å². The van der Waals surface area contributed by atoms with E-state index in [0.717, 1.165) is 35.8 Å². The number of nitrogen functional groups attached to an aromatic ring is 1. The van der Waals surface area contributed by atoms with Crippen molar-refractivity contribution < 1.29 is 14.6 Å². The van der Waals surface area contributed by atoms with Gasteiger partial charge in [0.05, 0.1) is 17.2 Å². The topological polar surface area (TPSA) is 75.8 Å². The molecule has 0 spiro atoms. The maximum absolute atomic E-state index is 12.0. The fourth-order valence-electron chi connectivity index (χ4n) is 2.57. The van der Waals surface area contributed by atoms with Crippen LogP contribution in [0, 0.1) is 5.92 Å². The fraction of sp³-hybridized carbons (Fsp3) is 0.643. The molecule has 0 radical (unpaired) electrons. The molecule has 1 aliphatic rings. The van der Waals surface area contributed by atoms with Gasteiger partial charge in [0, 0.05) is 19.7 Å². The van der Waals surface area contributed by atoms with E-state index in [1.807, 2.05) is 6.26 Å². The lowest BCUT2D eigenvalue weighted by atomic mass is 9.99. The Balaban J connectivity index is 2.30. The van der Waals surface area contributed by atoms with E-state index in [0.29, 0.717) is 23.1 Å². The van der Waals surface area contributed by atoms with Gasteiger partial charge in [-0.15, -0.1) is 23.1 Å². The Morgan fingerprint density at radius 1 is 1.62 bits per heavy atom. The Kier molecular flexibility index (Phi) is 5.78. The predicted octanol–water partition coefficient (Wildman–Crippen LogP) is 2.44. The van der Waals surface area contributed by atoms with E-state index in [9.17, 15) is 9.90 Å². The van der Waals surface area contributed by atoms with E-state index in [-0.39, 0.29) is 12.6 Å². The predicted molar refractivity (Wildman–Crippen MR) is 88.5 cm³/mol. The van der Waals surface area contributed by atoms with Crippen LogP contribution in [0.25, 0.3) is 0 Å². The zero-order valence-electron chi connectivity index (χ0n) is 12.4. The van der Waals surface area contributed by atoms with Gasteiger partial charge in [0.15, 0.2) is 0 Å². The van der Waals surface area contributed by atoms with Gasteiger partial charge in [-0.1, -0.05) is 0 Å². The zero-order valence-corrected chi connectivity index (χ0v) is 14.1. The number of nitrogens with two attached hydrogens (primary N) is 1. The third-order valence-corrected chi connectivity index (χ3v) is 5.81. The Morgan fingerprint density at radius 3 is 3.00 bits per heavy atom. The minimum Gasteiger partial charge on any atom is -0.462 e. The number of carbonyl (C=O) groups is 1. The van der Waals surface area contributed by atoms with E-state index in [2.05, 4.69) is 4.90 Å². The molecule has 1 fully saturated rings. The molecule has 118 valence electrons. The molecule has 1 aromatic rings. The molecule has 3 N–H and O–H groups in total. The molecule has 0 aliphatic carbocycles. The van der Waals surface area contributed by atoms with Crippen LogP contribution in [-0.4, -0.2) is 43.6 Å². The number of thioether (sulfide) groups is 1. The van der Waals surface area contributed by atoms with Gasteiger partial charge in [0.2, 0.25) is 0 Å². The number of ether oxygens (including phenoxy) is 1. The smallest absolute Gasteiger partial charge is 0.350 e. The first-order valence-corrected chi connectivity index (χ1v) is 9.15. The third-order valence-electron chi connectivity index (χ3n) is 3.61. The van der Waals surface area contributed by atoms with Crippen LogP contribution in [0.2, 0.25) is 0 Å². The lowest BCUT2D eigenvalue weighted by molar-refractivity contribution is 0.0533. The summed E-state index contributed by atoms with van der Waals surface area (Å²) in [5.41, 5.74) is 6.65. The second kappa shape index (κ2) is 7.38. The molecule has 5 nitrogen and oxygen atoms in total. The van der Waals surface area contributed by atoms with E-state index < -0.39 is 0 Å². The van der Waals surface area contributed by atoms with Gasteiger partial charge in [-0.3, -0.25) is 0 Å². The molecule has 1 saturated heterocycles. The van der Waals surface area contributed by atoms with Gasteiger partial charge in [0.25, 0.3) is 0 Å². The lowest BCUT2D eigenvalue weighted by Gasteiger charge is -2.33. The summed E-state index contributed by atoms with van der Waals surface area (Å²) >= 11 is 2.96. The summed E-state index contributed by atoms with van der Waals surface area (Å²) in [6.07, 6.45) is 4.06. The van der Waals surface area contributed by atoms with Crippen LogP contribution >= 0.6 is 23.1 Å². The first-order chi connectivity index (χ1) is 10.1. The SMILES string of the molecule is CCOC(=O)c1sc(N2CCCC(CO)C2)c(SC)c1N. The van der Waals surface area contributed by atoms with Gasteiger partial charge in [0.1, 0.15) is 9.88 Å². The maximum Gasteiger partial charge on any atom is 0.350 e. The van der Waals surface area contributed by atoms with Gasteiger partial charge >= 0.3 is 5.97 Å². The first-order valence-electron chi connectivity index (χ1n) is 7.11. The summed E-state index contributed by atoms with van der Waals surface area (Å²) in [5.74, 6) is -0.0555. The van der Waals surface area contributed by atoms with Crippen LogP contribution in [0.4, 0.5) is 10.7 Å². The third kappa shape index (κ3) is 3.46. The standard InChI is InChI=1S/C14H22N2O3S2/c1-3-19-14(18)12-10(15)11(20-2)13(21-12)16-6-4-5-9(7-16)8-17/h9,17H,3-8,15H2,1-2H3. The molecule has 1 atom stereocenters. The summed E-state index contributed by atoms with van der Waals surface area (Å²) in [6.45, 7) is 4.08. The highest BCUT2D eigenvalue weighted by atomic mass is 32.2. The van der Waals surface area contributed by atoms with Gasteiger partial charge in [-0.25, -0.2) is 4.79 Å². The summed E-state index contributed by atoms with van der Waals surface area (Å²) in [5, 5.41) is 10.4. The van der Waals surface area contributed by atoms with E-state index in [4.69, 9.17) is 10.5 Å². The first kappa shape index (κ1) is 16.5. The highest BCUT2D eigenvalue weighted by molar-refractivity contribution is 7.99. The quantitative estimate of drug-likeness (QED) is 0.638. The summed E-state index contributed by atoms with van der Waals surface area (Å²) in [7, 11) is 0. The van der Waals surface area contributed by atoms with Crippen molar-refractivity contribution in [3.8, 4) is 0 Å². The number of carbonyl (C=O) groups excluding carboxylic acids is 1.